The zero-order valence-corrected chi connectivity index (χ0v) is 83.7. The van der Waals surface area contributed by atoms with Gasteiger partial charge >= 0.3 is 0 Å². The van der Waals surface area contributed by atoms with Crippen LogP contribution in [-0.4, -0.2) is 44.9 Å². The molecule has 25 aromatic rings. The van der Waals surface area contributed by atoms with Crippen molar-refractivity contribution in [1.29, 1.82) is 0 Å². The van der Waals surface area contributed by atoms with Crippen molar-refractivity contribution in [2.24, 2.45) is 0 Å². The Balaban J connectivity index is 0.000000110. The zero-order valence-electron chi connectivity index (χ0n) is 81.3. The zero-order chi connectivity index (χ0) is 96.9. The number of fused-ring (bicyclic) bond motifs is 25. The van der Waals surface area contributed by atoms with Crippen molar-refractivity contribution in [3.05, 3.63) is 403 Å². The lowest BCUT2D eigenvalue weighted by molar-refractivity contribution is 0.299. The van der Waals surface area contributed by atoms with E-state index >= 15 is 0 Å². The lowest BCUT2D eigenvalue weighted by atomic mass is 9.54. The fraction of sp³-hybridized carbons (Fsp3) is 0.140. The SMILES string of the molecule is CC1(C)c2cc(-c3nc(-c4ccccc4)nc(-c4cccc5oc6ccccc6c45)n3)ccc2-c2cc3c(cc2C1(C)C)sc1ccccc13.CC1(C)c2cc(-c3nc(-c4ccccc4)nc(-c4ccccc4)n3)ccc2-c2ccc3sc4ccccc4c3c2C1(C)C.CC1(C)c2ccc(-c3nc(-c4ccccc4)nc(-c4cccc5oc6ccccc6c45)n3)cc2-c2cc3sc4ccccc4c3cc2C1(C)C. The second kappa shape index (κ2) is 32.8. The lowest BCUT2D eigenvalue weighted by Gasteiger charge is -2.48. The predicted octanol–water partition coefficient (Wildman–Crippen LogP) is 35.2. The number of furan rings is 2. The molecule has 14 heteroatoms. The molecule has 0 aliphatic heterocycles. The Morgan fingerprint density at radius 3 is 0.951 bits per heavy atom. The topological polar surface area (TPSA) is 142 Å². The summed E-state index contributed by atoms with van der Waals surface area (Å²) in [6.07, 6.45) is 0. The van der Waals surface area contributed by atoms with E-state index in [2.05, 4.69) is 320 Å². The molecule has 0 bridgehead atoms. The molecule has 0 unspecified atom stereocenters. The number of thiophene rings is 3. The van der Waals surface area contributed by atoms with Crippen LogP contribution in [0.25, 0.3) is 240 Å². The standard InChI is InChI=1S/2C45H33N3OS.C39H31N3S/c1-44(2)34-23-27(21-22-28(34)32-24-33-29-15-9-11-20-38(29)50-39(33)25-35(32)45(44,3)4)42-46-41(26-13-6-5-7-14-26)47-43(48-42)31-17-12-19-37-40(31)30-16-8-10-18-36(30)49-37;1-44(2)34-22-21-27(23-31(34)32-25-39-33(24-35(32)45(44,3)4)28-15-9-11-20-38(28)50-39)42-46-41(26-13-6-5-7-14-26)47-43(48-42)30-17-12-19-37-40(30)29-16-8-10-18-36(29)49-37;1-38(2)30-23-26(37-41-35(24-13-7-5-8-14-24)40-36(42-37)25-15-9-6-10-16-25)19-20-27(30)28-21-22-32-33(34(28)39(38,3)4)29-17-11-12-18-31(29)43-32/h2*5-25H,1-4H3;5-23H,1-4H3. The molecule has 688 valence electrons. The van der Waals surface area contributed by atoms with E-state index in [0.717, 1.165) is 93.9 Å². The third-order valence-electron chi connectivity index (χ3n) is 32.3. The molecule has 28 rings (SSSR count). The Kier molecular flexibility index (Phi) is 20.0. The van der Waals surface area contributed by atoms with E-state index in [0.29, 0.717) is 52.4 Å². The Labute approximate surface area is 840 Å². The van der Waals surface area contributed by atoms with E-state index in [9.17, 15) is 0 Å². The van der Waals surface area contributed by atoms with E-state index in [1.807, 2.05) is 167 Å². The number of rotatable bonds is 9. The molecule has 0 amide bonds. The minimum Gasteiger partial charge on any atom is -0.456 e. The van der Waals surface area contributed by atoms with Crippen molar-refractivity contribution in [2.45, 2.75) is 116 Å². The molecule has 3 aliphatic rings. The minimum atomic E-state index is -0.172. The molecular weight excluding hydrogens is 1800 g/mol. The summed E-state index contributed by atoms with van der Waals surface area (Å²) in [4.78, 5) is 45.8. The van der Waals surface area contributed by atoms with Gasteiger partial charge in [0.2, 0.25) is 0 Å². The smallest absolute Gasteiger partial charge is 0.164 e. The summed E-state index contributed by atoms with van der Waals surface area (Å²) in [5.74, 6) is 5.88. The van der Waals surface area contributed by atoms with Gasteiger partial charge in [-0.05, 0) is 185 Å². The summed E-state index contributed by atoms with van der Waals surface area (Å²) < 4.78 is 20.5. The normalized spacial score (nSPS) is 14.8. The number of benzene rings is 17. The summed E-state index contributed by atoms with van der Waals surface area (Å²) in [6.45, 7) is 28.7. The Bertz CT molecular complexity index is 9500. The third-order valence-corrected chi connectivity index (χ3v) is 35.7. The van der Waals surface area contributed by atoms with Crippen molar-refractivity contribution in [2.75, 3.05) is 0 Å². The van der Waals surface area contributed by atoms with Crippen LogP contribution >= 0.6 is 34.0 Å². The van der Waals surface area contributed by atoms with Gasteiger partial charge in [-0.1, -0.05) is 362 Å². The van der Waals surface area contributed by atoms with Gasteiger partial charge in [0.1, 0.15) is 22.3 Å². The van der Waals surface area contributed by atoms with Crippen molar-refractivity contribution in [1.82, 2.24) is 44.9 Å². The molecule has 0 radical (unpaired) electrons. The highest BCUT2D eigenvalue weighted by atomic mass is 32.1. The van der Waals surface area contributed by atoms with Crippen LogP contribution in [0.3, 0.4) is 0 Å². The monoisotopic (exact) mass is 1900 g/mol. The number of aromatic nitrogens is 9. The minimum absolute atomic E-state index is 0.0963. The van der Waals surface area contributed by atoms with Gasteiger partial charge in [-0.25, -0.2) is 44.9 Å². The van der Waals surface area contributed by atoms with Crippen molar-refractivity contribution in [3.8, 4) is 136 Å². The Morgan fingerprint density at radius 2 is 0.483 bits per heavy atom. The highest BCUT2D eigenvalue weighted by Crippen LogP contribution is 2.61. The largest absolute Gasteiger partial charge is 0.456 e. The Hall–Kier alpha value is -16.0. The molecule has 0 fully saturated rings. The second-order valence-electron chi connectivity index (χ2n) is 41.4. The molecule has 0 N–H and O–H groups in total. The van der Waals surface area contributed by atoms with Gasteiger partial charge in [0, 0.05) is 138 Å². The van der Waals surface area contributed by atoms with Crippen LogP contribution in [0.2, 0.25) is 0 Å². The summed E-state index contributed by atoms with van der Waals surface area (Å²) in [6, 6.07) is 130. The van der Waals surface area contributed by atoms with Crippen LogP contribution in [0.15, 0.2) is 379 Å². The molecule has 8 aromatic heterocycles. The van der Waals surface area contributed by atoms with Gasteiger partial charge in [-0.2, -0.15) is 0 Å². The maximum atomic E-state index is 6.26. The molecule has 8 heterocycles. The first-order chi connectivity index (χ1) is 69.4. The van der Waals surface area contributed by atoms with Crippen molar-refractivity contribution >= 4 is 138 Å². The highest BCUT2D eigenvalue weighted by molar-refractivity contribution is 7.26. The van der Waals surface area contributed by atoms with Crippen LogP contribution in [0, 0.1) is 0 Å². The third kappa shape index (κ3) is 13.9. The number of nitrogens with zero attached hydrogens (tertiary/aromatic N) is 9. The molecule has 11 nitrogen and oxygen atoms in total. The highest BCUT2D eigenvalue weighted by Gasteiger charge is 2.50. The summed E-state index contributed by atoms with van der Waals surface area (Å²) >= 11 is 5.65. The van der Waals surface area contributed by atoms with E-state index in [1.54, 1.807) is 0 Å². The van der Waals surface area contributed by atoms with Gasteiger partial charge in [0.05, 0.1) is 0 Å². The molecule has 143 heavy (non-hydrogen) atoms. The first-order valence-electron chi connectivity index (χ1n) is 49.0. The van der Waals surface area contributed by atoms with E-state index in [4.69, 9.17) is 53.7 Å². The summed E-state index contributed by atoms with van der Waals surface area (Å²) in [5.41, 5.74) is 27.1. The Morgan fingerprint density at radius 1 is 0.168 bits per heavy atom. The average molecular weight is 1900 g/mol. The van der Waals surface area contributed by atoms with Gasteiger partial charge in [-0.3, -0.25) is 0 Å². The predicted molar refractivity (Wildman–Crippen MR) is 596 cm³/mol. The van der Waals surface area contributed by atoms with Crippen LogP contribution in [0.4, 0.5) is 0 Å². The molecule has 0 spiro atoms. The molecule has 3 aliphatic carbocycles. The van der Waals surface area contributed by atoms with E-state index in [-0.39, 0.29) is 32.5 Å². The first-order valence-corrected chi connectivity index (χ1v) is 51.5. The maximum Gasteiger partial charge on any atom is 0.164 e. The van der Waals surface area contributed by atoms with E-state index in [1.165, 1.54) is 127 Å². The number of hydrogen-bond donors (Lipinski definition) is 0. The molecule has 0 atom stereocenters. The van der Waals surface area contributed by atoms with Crippen molar-refractivity contribution < 1.29 is 8.83 Å². The second-order valence-corrected chi connectivity index (χ2v) is 44.7. The molecule has 0 saturated carbocycles. The summed E-state index contributed by atoms with van der Waals surface area (Å²) in [7, 11) is 0. The first kappa shape index (κ1) is 87.3. The molecule has 0 saturated heterocycles. The fourth-order valence-electron chi connectivity index (χ4n) is 22.6. The van der Waals surface area contributed by atoms with Gasteiger partial charge in [0.25, 0.3) is 0 Å². The van der Waals surface area contributed by atoms with Crippen molar-refractivity contribution in [3.63, 3.8) is 0 Å². The van der Waals surface area contributed by atoms with Crippen LogP contribution in [-0.2, 0) is 32.5 Å². The lowest BCUT2D eigenvalue weighted by Crippen LogP contribution is -2.43. The van der Waals surface area contributed by atoms with Crippen LogP contribution < -0.4 is 0 Å². The van der Waals surface area contributed by atoms with E-state index < -0.39 is 0 Å². The molecule has 17 aromatic carbocycles. The van der Waals surface area contributed by atoms with Crippen LogP contribution in [0.1, 0.15) is 116 Å². The van der Waals surface area contributed by atoms with Gasteiger partial charge in [0.15, 0.2) is 52.4 Å². The maximum absolute atomic E-state index is 6.26. The molecular formula is C129H97N9O2S3. The average Bonchev–Trinajstić information content (AvgIpc) is 1.71. The number of para-hydroxylation sites is 2. The summed E-state index contributed by atoms with van der Waals surface area (Å²) in [5, 5.41) is 12.2. The van der Waals surface area contributed by atoms with Gasteiger partial charge in [-0.15, -0.1) is 34.0 Å². The van der Waals surface area contributed by atoms with Gasteiger partial charge < -0.3 is 8.83 Å². The quantitative estimate of drug-likeness (QED) is 0.136. The fourth-order valence-corrected chi connectivity index (χ4v) is 25.9. The number of hydrogen-bond acceptors (Lipinski definition) is 14. The van der Waals surface area contributed by atoms with Crippen LogP contribution in [0.5, 0.6) is 0 Å².